The zero-order chi connectivity index (χ0) is 39.0. The molecule has 0 atom stereocenters. The second kappa shape index (κ2) is 19.5. The number of carboxylic acids is 1. The van der Waals surface area contributed by atoms with Crippen LogP contribution in [-0.2, 0) is 0 Å². The van der Waals surface area contributed by atoms with Gasteiger partial charge in [0.1, 0.15) is 32.7 Å². The summed E-state index contributed by atoms with van der Waals surface area (Å²) in [5.41, 5.74) is 10.3. The van der Waals surface area contributed by atoms with Gasteiger partial charge in [-0.1, -0.05) is 144 Å². The quantitative estimate of drug-likeness (QED) is 0.109. The Morgan fingerprint density at radius 1 is 0.696 bits per heavy atom. The highest BCUT2D eigenvalue weighted by molar-refractivity contribution is 7.22. The number of aromatic amines is 2. The third-order valence-corrected chi connectivity index (χ3v) is 19.8. The van der Waals surface area contributed by atoms with Crippen molar-refractivity contribution in [3.8, 4) is 21.1 Å². The van der Waals surface area contributed by atoms with E-state index in [9.17, 15) is 9.59 Å². The summed E-state index contributed by atoms with van der Waals surface area (Å²) in [5, 5.41) is 14.0. The summed E-state index contributed by atoms with van der Waals surface area (Å²) >= 11 is 3.11. The Labute approximate surface area is 342 Å². The van der Waals surface area contributed by atoms with Crippen molar-refractivity contribution in [3.05, 3.63) is 84.2 Å². The van der Waals surface area contributed by atoms with Crippen LogP contribution < -0.4 is 11.1 Å². The van der Waals surface area contributed by atoms with E-state index in [0.29, 0.717) is 23.4 Å². The number of hydrogen-bond donors (Lipinski definition) is 5. The molecule has 2 aliphatic rings. The molecule has 0 aliphatic carbocycles. The molecule has 0 radical (unpaired) electrons. The largest absolute Gasteiger partial charge is 0.477 e. The minimum absolute atomic E-state index is 0. The molecule has 300 valence electrons. The molecule has 8 rings (SSSR count). The van der Waals surface area contributed by atoms with Crippen LogP contribution in [0.5, 0.6) is 0 Å². The van der Waals surface area contributed by atoms with Crippen molar-refractivity contribution in [1.29, 1.82) is 0 Å². The predicted molar refractivity (Wildman–Crippen MR) is 243 cm³/mol. The maximum atomic E-state index is 12.7. The van der Waals surface area contributed by atoms with Gasteiger partial charge in [-0.25, -0.2) is 14.8 Å². The van der Waals surface area contributed by atoms with Gasteiger partial charge < -0.3 is 26.1 Å². The highest BCUT2D eigenvalue weighted by atomic mass is 32.1. The lowest BCUT2D eigenvalue weighted by molar-refractivity contribution is 0.0691. The van der Waals surface area contributed by atoms with Gasteiger partial charge >= 0.3 is 5.97 Å². The molecule has 1 amide bonds. The number of amides is 1. The van der Waals surface area contributed by atoms with Gasteiger partial charge in [0.05, 0.1) is 9.40 Å². The standard InChI is InChI=1S/C21H27N3OSSi.C12H8N2O2S.C9H21NSi.CH4/c1-27(2)12-6-10-16(11-7-13-27)22-20(25)17-14-18-19(23-17)24-21(26-18)15-8-4-3-5-9-15;15-12(16)8-6-9-10(13-8)14-11(17-9)7-4-2-1-3-5-7;1-11(2)7-3-5-9(10)6-4-8-11;/h3-5,8-9,14,16,23H,6-7,10-13H2,1-2H3,(H,22,25);1-6,13H,(H,15,16);9H,3-8,10H2,1-2H3;1H4. The van der Waals surface area contributed by atoms with Crippen molar-refractivity contribution in [2.24, 2.45) is 5.73 Å². The molecule has 2 fully saturated rings. The molecule has 0 unspecified atom stereocenters. The summed E-state index contributed by atoms with van der Waals surface area (Å²) < 4.78 is 1.89. The number of aromatic carboxylic acids is 1. The van der Waals surface area contributed by atoms with Crippen molar-refractivity contribution in [2.75, 3.05) is 0 Å². The average molecular weight is 829 g/mol. The Hall–Kier alpha value is -3.89. The fourth-order valence-corrected chi connectivity index (χ4v) is 14.6. The van der Waals surface area contributed by atoms with E-state index in [0.717, 1.165) is 49.0 Å². The van der Waals surface area contributed by atoms with Crippen molar-refractivity contribution in [1.82, 2.24) is 25.3 Å². The summed E-state index contributed by atoms with van der Waals surface area (Å²) in [5.74, 6) is -0.958. The molecule has 2 aliphatic heterocycles. The first-order valence-electron chi connectivity index (χ1n) is 19.7. The number of thiazole rings is 2. The van der Waals surface area contributed by atoms with Gasteiger partial charge in [0.25, 0.3) is 5.91 Å². The number of carbonyl (C=O) groups excluding carboxylic acids is 1. The molecule has 6 N–H and O–H groups in total. The van der Waals surface area contributed by atoms with Crippen LogP contribution in [0.2, 0.25) is 50.4 Å². The van der Waals surface area contributed by atoms with Crippen LogP contribution in [0.3, 0.4) is 0 Å². The number of hydrogen-bond acceptors (Lipinski definition) is 7. The van der Waals surface area contributed by atoms with Crippen LogP contribution in [0.15, 0.2) is 72.8 Å². The Morgan fingerprint density at radius 3 is 1.54 bits per heavy atom. The van der Waals surface area contributed by atoms with Crippen LogP contribution in [0.1, 0.15) is 79.8 Å². The van der Waals surface area contributed by atoms with Crippen LogP contribution in [0.25, 0.3) is 41.8 Å². The van der Waals surface area contributed by atoms with E-state index in [1.54, 1.807) is 17.4 Å². The Balaban J connectivity index is 0.000000177. The van der Waals surface area contributed by atoms with Crippen molar-refractivity contribution in [3.63, 3.8) is 0 Å². The number of nitrogens with one attached hydrogen (secondary N) is 3. The smallest absolute Gasteiger partial charge is 0.352 e. The molecule has 0 spiro atoms. The van der Waals surface area contributed by atoms with E-state index in [1.165, 1.54) is 74.0 Å². The summed E-state index contributed by atoms with van der Waals surface area (Å²) in [6, 6.07) is 30.1. The van der Waals surface area contributed by atoms with Gasteiger partial charge in [0, 0.05) is 39.4 Å². The van der Waals surface area contributed by atoms with E-state index in [1.807, 2.05) is 54.6 Å². The number of nitrogens with zero attached hydrogens (tertiary/aromatic N) is 2. The van der Waals surface area contributed by atoms with Gasteiger partial charge in [-0.05, 0) is 37.8 Å². The molecule has 9 nitrogen and oxygen atoms in total. The molecule has 13 heteroatoms. The van der Waals surface area contributed by atoms with Crippen LogP contribution >= 0.6 is 22.7 Å². The van der Waals surface area contributed by atoms with E-state index < -0.39 is 22.1 Å². The molecule has 4 aromatic heterocycles. The first-order valence-corrected chi connectivity index (χ1v) is 28.2. The molecule has 6 aromatic rings. The molecule has 2 aromatic carbocycles. The monoisotopic (exact) mass is 828 g/mol. The minimum Gasteiger partial charge on any atom is -0.477 e. The van der Waals surface area contributed by atoms with Crippen molar-refractivity contribution < 1.29 is 14.7 Å². The SMILES string of the molecule is C.C[Si]1(C)CCCC(N)CCC1.C[Si]1(C)CCCC(NC(=O)c2cc3sc(-c4ccccc4)nc3[nH]2)CCC1.O=C(O)c1cc2sc(-c3ccccc3)nc2[nH]1. The zero-order valence-corrected chi connectivity index (χ0v) is 36.3. The molecule has 0 saturated carbocycles. The van der Waals surface area contributed by atoms with E-state index >= 15 is 0 Å². The topological polar surface area (TPSA) is 150 Å². The summed E-state index contributed by atoms with van der Waals surface area (Å²) in [4.78, 5) is 38.5. The third-order valence-electron chi connectivity index (χ3n) is 10.9. The van der Waals surface area contributed by atoms with Gasteiger partial charge in [0.2, 0.25) is 0 Å². The molecule has 0 bridgehead atoms. The summed E-state index contributed by atoms with van der Waals surface area (Å²) in [6.07, 6.45) is 10.0. The van der Waals surface area contributed by atoms with Crippen LogP contribution in [-0.4, -0.2) is 65.2 Å². The number of aromatic nitrogens is 4. The van der Waals surface area contributed by atoms with Crippen LogP contribution in [0.4, 0.5) is 0 Å². The van der Waals surface area contributed by atoms with Gasteiger partial charge in [-0.15, -0.1) is 22.7 Å². The fraction of sp³-hybridized carbons (Fsp3) is 0.442. The van der Waals surface area contributed by atoms with Gasteiger partial charge in [-0.3, -0.25) is 4.79 Å². The highest BCUT2D eigenvalue weighted by Gasteiger charge is 2.26. The lowest BCUT2D eigenvalue weighted by Gasteiger charge is -2.28. The van der Waals surface area contributed by atoms with Gasteiger partial charge in [-0.2, -0.15) is 0 Å². The summed E-state index contributed by atoms with van der Waals surface area (Å²) in [6.45, 7) is 10.0. The minimum atomic E-state index is -0.979. The van der Waals surface area contributed by atoms with Crippen LogP contribution in [0, 0.1) is 0 Å². The lowest BCUT2D eigenvalue weighted by atomic mass is 10.1. The molecule has 2 saturated heterocycles. The maximum Gasteiger partial charge on any atom is 0.352 e. The Morgan fingerprint density at radius 2 is 1.11 bits per heavy atom. The lowest BCUT2D eigenvalue weighted by Crippen LogP contribution is -2.37. The number of carbonyl (C=O) groups is 2. The fourth-order valence-electron chi connectivity index (χ4n) is 7.56. The summed E-state index contributed by atoms with van der Waals surface area (Å²) in [7, 11) is -1.74. The molecular formula is C43H60N6O3S2Si2. The molecule has 6 heterocycles. The predicted octanol–water partition coefficient (Wildman–Crippen LogP) is 11.9. The van der Waals surface area contributed by atoms with Crippen molar-refractivity contribution >= 4 is 71.4 Å². The normalized spacial score (nSPS) is 17.4. The number of H-pyrrole nitrogens is 2. The van der Waals surface area contributed by atoms with Crippen molar-refractivity contribution in [2.45, 2.75) is 121 Å². The van der Waals surface area contributed by atoms with E-state index in [-0.39, 0.29) is 19.0 Å². The number of nitrogens with two attached hydrogens (primary N) is 1. The third kappa shape index (κ3) is 12.1. The highest BCUT2D eigenvalue weighted by Crippen LogP contribution is 2.32. The zero-order valence-electron chi connectivity index (χ0n) is 32.6. The molecular weight excluding hydrogens is 769 g/mol. The second-order valence-electron chi connectivity index (χ2n) is 16.7. The Bertz CT molecular complexity index is 2070. The number of carboxylic acid groups (broad SMARTS) is 1. The van der Waals surface area contributed by atoms with E-state index in [2.05, 4.69) is 63.6 Å². The number of benzene rings is 2. The Kier molecular flexibility index (Phi) is 15.1. The average Bonchev–Trinajstić information content (AvgIpc) is 3.92. The maximum absolute atomic E-state index is 12.7. The molecule has 56 heavy (non-hydrogen) atoms. The van der Waals surface area contributed by atoms with E-state index in [4.69, 9.17) is 10.8 Å². The number of rotatable bonds is 5. The first-order chi connectivity index (χ1) is 26.3. The van der Waals surface area contributed by atoms with Gasteiger partial charge in [0.15, 0.2) is 0 Å². The first kappa shape index (κ1) is 43.2. The number of fused-ring (bicyclic) bond motifs is 2. The second-order valence-corrected chi connectivity index (χ2v) is 29.4.